The second kappa shape index (κ2) is 11.3. The van der Waals surface area contributed by atoms with E-state index in [-0.39, 0.29) is 36.6 Å². The molecule has 2 N–H and O–H groups in total. The predicted molar refractivity (Wildman–Crippen MR) is 102 cm³/mol. The standard InChI is InChI=1S/C16H24N4O2.2ClH/c1-17-8-7-15(21)18-14-5-3-13(4-6-14)16(22)20-11-9-19(2)10-12-20;;/h3-6,17H,7-12H2,1-2H3,(H,18,21);2*1H. The SMILES string of the molecule is CNCCC(=O)Nc1ccc(C(=O)N2CCN(C)CC2)cc1.Cl.Cl. The molecule has 0 aliphatic carbocycles. The van der Waals surface area contributed by atoms with Gasteiger partial charge < -0.3 is 20.4 Å². The van der Waals surface area contributed by atoms with E-state index < -0.39 is 0 Å². The number of carbonyl (C=O) groups excluding carboxylic acids is 2. The molecule has 24 heavy (non-hydrogen) atoms. The Hall–Kier alpha value is -1.34. The molecule has 1 saturated heterocycles. The van der Waals surface area contributed by atoms with E-state index in [9.17, 15) is 9.59 Å². The van der Waals surface area contributed by atoms with Gasteiger partial charge in [0, 0.05) is 50.4 Å². The van der Waals surface area contributed by atoms with Crippen molar-refractivity contribution in [1.82, 2.24) is 15.1 Å². The summed E-state index contributed by atoms with van der Waals surface area (Å²) >= 11 is 0. The highest BCUT2D eigenvalue weighted by atomic mass is 35.5. The second-order valence-electron chi connectivity index (χ2n) is 5.57. The monoisotopic (exact) mass is 376 g/mol. The lowest BCUT2D eigenvalue weighted by Gasteiger charge is -2.32. The zero-order chi connectivity index (χ0) is 15.9. The molecule has 0 aromatic heterocycles. The van der Waals surface area contributed by atoms with Crippen LogP contribution in [-0.4, -0.2) is 68.4 Å². The van der Waals surface area contributed by atoms with Crippen LogP contribution in [0.3, 0.4) is 0 Å². The first-order valence-corrected chi connectivity index (χ1v) is 7.62. The van der Waals surface area contributed by atoms with E-state index in [1.54, 1.807) is 24.3 Å². The van der Waals surface area contributed by atoms with Crippen LogP contribution < -0.4 is 10.6 Å². The fourth-order valence-corrected chi connectivity index (χ4v) is 2.35. The maximum absolute atomic E-state index is 12.4. The van der Waals surface area contributed by atoms with Gasteiger partial charge in [-0.25, -0.2) is 0 Å². The minimum absolute atomic E-state index is 0. The first kappa shape index (κ1) is 22.7. The van der Waals surface area contributed by atoms with Crippen molar-refractivity contribution in [3.05, 3.63) is 29.8 Å². The minimum atomic E-state index is -0.0347. The molecular formula is C16H26Cl2N4O2. The van der Waals surface area contributed by atoms with E-state index in [4.69, 9.17) is 0 Å². The summed E-state index contributed by atoms with van der Waals surface area (Å²) in [5, 5.41) is 5.75. The first-order chi connectivity index (χ1) is 10.6. The van der Waals surface area contributed by atoms with Crippen LogP contribution >= 0.6 is 24.8 Å². The Bertz CT molecular complexity index is 517. The number of amides is 2. The number of hydrogen-bond acceptors (Lipinski definition) is 4. The Morgan fingerprint density at radius 2 is 1.62 bits per heavy atom. The molecule has 1 aliphatic rings. The van der Waals surface area contributed by atoms with Gasteiger partial charge in [0.2, 0.25) is 5.91 Å². The molecule has 0 atom stereocenters. The average Bonchev–Trinajstić information content (AvgIpc) is 2.54. The third kappa shape index (κ3) is 6.65. The maximum Gasteiger partial charge on any atom is 0.253 e. The van der Waals surface area contributed by atoms with Gasteiger partial charge in [-0.3, -0.25) is 9.59 Å². The number of benzene rings is 1. The van der Waals surface area contributed by atoms with E-state index in [1.165, 1.54) is 0 Å². The topological polar surface area (TPSA) is 64.7 Å². The van der Waals surface area contributed by atoms with Crippen molar-refractivity contribution < 1.29 is 9.59 Å². The molecule has 136 valence electrons. The summed E-state index contributed by atoms with van der Waals surface area (Å²) in [6.07, 6.45) is 0.429. The van der Waals surface area contributed by atoms with Crippen LogP contribution in [0.4, 0.5) is 5.69 Å². The van der Waals surface area contributed by atoms with E-state index in [1.807, 2.05) is 11.9 Å². The summed E-state index contributed by atoms with van der Waals surface area (Å²) in [5.41, 5.74) is 1.38. The summed E-state index contributed by atoms with van der Waals surface area (Å²) in [4.78, 5) is 28.1. The molecular weight excluding hydrogens is 351 g/mol. The summed E-state index contributed by atoms with van der Waals surface area (Å²) in [6.45, 7) is 3.98. The van der Waals surface area contributed by atoms with Crippen LogP contribution in [0.25, 0.3) is 0 Å². The Morgan fingerprint density at radius 3 is 2.17 bits per heavy atom. The molecule has 2 rings (SSSR count). The predicted octanol–water partition coefficient (Wildman–Crippen LogP) is 1.47. The molecule has 2 amide bonds. The molecule has 0 spiro atoms. The maximum atomic E-state index is 12.4. The van der Waals surface area contributed by atoms with E-state index in [2.05, 4.69) is 22.6 Å². The summed E-state index contributed by atoms with van der Waals surface area (Å²) in [6, 6.07) is 7.10. The Balaban J connectivity index is 0.00000264. The number of piperazine rings is 1. The van der Waals surface area contributed by atoms with Crippen LogP contribution in [0.1, 0.15) is 16.8 Å². The van der Waals surface area contributed by atoms with Gasteiger partial charge in [0.25, 0.3) is 5.91 Å². The molecule has 1 fully saturated rings. The van der Waals surface area contributed by atoms with Crippen molar-refractivity contribution in [2.75, 3.05) is 52.1 Å². The number of anilines is 1. The highest BCUT2D eigenvalue weighted by molar-refractivity contribution is 5.96. The zero-order valence-electron chi connectivity index (χ0n) is 14.1. The second-order valence-corrected chi connectivity index (χ2v) is 5.57. The highest BCUT2D eigenvalue weighted by Gasteiger charge is 2.20. The van der Waals surface area contributed by atoms with Crippen LogP contribution in [0.2, 0.25) is 0 Å². The van der Waals surface area contributed by atoms with Gasteiger partial charge in [-0.15, -0.1) is 24.8 Å². The van der Waals surface area contributed by atoms with E-state index >= 15 is 0 Å². The Kier molecular flexibility index (Phi) is 10.6. The third-order valence-corrected chi connectivity index (χ3v) is 3.81. The molecule has 1 aromatic carbocycles. The van der Waals surface area contributed by atoms with Crippen molar-refractivity contribution in [2.45, 2.75) is 6.42 Å². The van der Waals surface area contributed by atoms with Gasteiger partial charge in [0.15, 0.2) is 0 Å². The van der Waals surface area contributed by atoms with Crippen LogP contribution in [0.5, 0.6) is 0 Å². The number of carbonyl (C=O) groups is 2. The molecule has 1 aromatic rings. The van der Waals surface area contributed by atoms with Crippen LogP contribution in [0.15, 0.2) is 24.3 Å². The molecule has 0 saturated carbocycles. The van der Waals surface area contributed by atoms with Gasteiger partial charge in [-0.05, 0) is 38.4 Å². The molecule has 1 aliphatic heterocycles. The lowest BCUT2D eigenvalue weighted by molar-refractivity contribution is -0.116. The molecule has 8 heteroatoms. The number of nitrogens with one attached hydrogen (secondary N) is 2. The van der Waals surface area contributed by atoms with E-state index in [0.29, 0.717) is 18.5 Å². The van der Waals surface area contributed by atoms with Gasteiger partial charge in [-0.2, -0.15) is 0 Å². The number of nitrogens with zero attached hydrogens (tertiary/aromatic N) is 2. The van der Waals surface area contributed by atoms with Gasteiger partial charge in [0.1, 0.15) is 0 Å². The number of rotatable bonds is 5. The fourth-order valence-electron chi connectivity index (χ4n) is 2.35. The molecule has 0 radical (unpaired) electrons. The highest BCUT2D eigenvalue weighted by Crippen LogP contribution is 2.13. The zero-order valence-corrected chi connectivity index (χ0v) is 15.7. The molecule has 1 heterocycles. The van der Waals surface area contributed by atoms with E-state index in [0.717, 1.165) is 31.9 Å². The summed E-state index contributed by atoms with van der Waals surface area (Å²) < 4.78 is 0. The van der Waals surface area contributed by atoms with Gasteiger partial charge in [-0.1, -0.05) is 0 Å². The fraction of sp³-hybridized carbons (Fsp3) is 0.500. The van der Waals surface area contributed by atoms with Gasteiger partial charge in [0.05, 0.1) is 0 Å². The number of halogens is 2. The Labute approximate surface area is 155 Å². The van der Waals surface area contributed by atoms with Crippen molar-refractivity contribution in [3.63, 3.8) is 0 Å². The van der Waals surface area contributed by atoms with Crippen molar-refractivity contribution in [1.29, 1.82) is 0 Å². The van der Waals surface area contributed by atoms with Crippen molar-refractivity contribution in [2.24, 2.45) is 0 Å². The third-order valence-electron chi connectivity index (χ3n) is 3.81. The average molecular weight is 377 g/mol. The smallest absolute Gasteiger partial charge is 0.253 e. The largest absolute Gasteiger partial charge is 0.336 e. The lowest BCUT2D eigenvalue weighted by Crippen LogP contribution is -2.47. The molecule has 0 unspecified atom stereocenters. The van der Waals surface area contributed by atoms with Crippen molar-refractivity contribution in [3.8, 4) is 0 Å². The van der Waals surface area contributed by atoms with Crippen LogP contribution in [0, 0.1) is 0 Å². The Morgan fingerprint density at radius 1 is 1.04 bits per heavy atom. The minimum Gasteiger partial charge on any atom is -0.336 e. The summed E-state index contributed by atoms with van der Waals surface area (Å²) in [7, 11) is 3.87. The quantitative estimate of drug-likeness (QED) is 0.816. The van der Waals surface area contributed by atoms with Crippen LogP contribution in [-0.2, 0) is 4.79 Å². The molecule has 6 nitrogen and oxygen atoms in total. The van der Waals surface area contributed by atoms with Gasteiger partial charge >= 0.3 is 0 Å². The number of likely N-dealkylation sites (N-methyl/N-ethyl adjacent to an activating group) is 1. The summed E-state index contributed by atoms with van der Waals surface area (Å²) in [5.74, 6) is 0.0219. The molecule has 0 bridgehead atoms. The van der Waals surface area contributed by atoms with Crippen molar-refractivity contribution >= 4 is 42.3 Å². The number of hydrogen-bond donors (Lipinski definition) is 2. The first-order valence-electron chi connectivity index (χ1n) is 7.62. The lowest BCUT2D eigenvalue weighted by atomic mass is 10.1. The normalized spacial score (nSPS) is 14.3.